The second kappa shape index (κ2) is 6.50. The van der Waals surface area contributed by atoms with Crippen molar-refractivity contribution in [3.63, 3.8) is 0 Å². The quantitative estimate of drug-likeness (QED) is 0.708. The van der Waals surface area contributed by atoms with E-state index in [0.717, 1.165) is 5.56 Å². The van der Waals surface area contributed by atoms with E-state index in [1.165, 1.54) is 19.4 Å². The summed E-state index contributed by atoms with van der Waals surface area (Å²) in [5.74, 6) is -0.0549. The maximum Gasteiger partial charge on any atom is 0.286 e. The molecule has 0 aliphatic heterocycles. The van der Waals surface area contributed by atoms with Crippen LogP contribution in [0, 0.1) is 0 Å². The molecule has 0 saturated heterocycles. The number of carbonyl (C=O) groups excluding carboxylic acids is 1. The van der Waals surface area contributed by atoms with E-state index in [-0.39, 0.29) is 16.6 Å². The summed E-state index contributed by atoms with van der Waals surface area (Å²) in [5, 5.41) is 3.45. The summed E-state index contributed by atoms with van der Waals surface area (Å²) >= 11 is 0. The fourth-order valence-electron chi connectivity index (χ4n) is 2.35. The maximum absolute atomic E-state index is 11.9. The second-order valence-corrected chi connectivity index (χ2v) is 7.00. The van der Waals surface area contributed by atoms with Crippen molar-refractivity contribution in [2.45, 2.75) is 11.3 Å². The van der Waals surface area contributed by atoms with Crippen LogP contribution in [0.15, 0.2) is 56.6 Å². The number of hydrogen-bond donors (Lipinski definition) is 2. The van der Waals surface area contributed by atoms with Gasteiger partial charge in [-0.15, -0.1) is 0 Å². The molecule has 1 amide bonds. The zero-order chi connectivity index (χ0) is 17.2. The van der Waals surface area contributed by atoms with Crippen LogP contribution < -0.4 is 10.0 Å². The molecule has 2 heterocycles. The van der Waals surface area contributed by atoms with Gasteiger partial charge < -0.3 is 14.2 Å². The topological polar surface area (TPSA) is 102 Å². The van der Waals surface area contributed by atoms with E-state index in [9.17, 15) is 13.2 Å². The molecular formula is C16H16N2O5S. The molecular weight excluding hydrogens is 332 g/mol. The number of rotatable bonds is 6. The smallest absolute Gasteiger partial charge is 0.286 e. The molecule has 3 rings (SSSR count). The molecule has 2 N–H and O–H groups in total. The monoisotopic (exact) mass is 348 g/mol. The first kappa shape index (κ1) is 16.3. The molecule has 3 aromatic rings. The van der Waals surface area contributed by atoms with E-state index in [1.807, 2.05) is 0 Å². The Morgan fingerprint density at radius 3 is 2.75 bits per heavy atom. The summed E-state index contributed by atoms with van der Waals surface area (Å²) in [5.41, 5.74) is 1.41. The normalized spacial score (nSPS) is 11.7. The van der Waals surface area contributed by atoms with Crippen molar-refractivity contribution in [1.82, 2.24) is 10.0 Å². The number of carbonyl (C=O) groups is 1. The molecule has 0 atom stereocenters. The van der Waals surface area contributed by atoms with Crippen LogP contribution in [0.4, 0.5) is 0 Å². The fourth-order valence-corrected chi connectivity index (χ4v) is 3.10. The van der Waals surface area contributed by atoms with Crippen LogP contribution in [0.3, 0.4) is 0 Å². The molecule has 1 aromatic carbocycles. The minimum atomic E-state index is -3.52. The zero-order valence-electron chi connectivity index (χ0n) is 12.9. The van der Waals surface area contributed by atoms with Gasteiger partial charge in [-0.05, 0) is 49.4 Å². The van der Waals surface area contributed by atoms with Crippen LogP contribution >= 0.6 is 0 Å². The van der Waals surface area contributed by atoms with E-state index < -0.39 is 10.0 Å². The number of amides is 1. The number of benzene rings is 1. The van der Waals surface area contributed by atoms with Gasteiger partial charge in [-0.1, -0.05) is 0 Å². The van der Waals surface area contributed by atoms with Gasteiger partial charge in [-0.3, -0.25) is 4.79 Å². The Balaban J connectivity index is 1.75. The number of nitrogens with one attached hydrogen (secondary N) is 2. The maximum atomic E-state index is 11.9. The lowest BCUT2D eigenvalue weighted by Gasteiger charge is -2.04. The van der Waals surface area contributed by atoms with Crippen molar-refractivity contribution in [3.8, 4) is 0 Å². The third-order valence-electron chi connectivity index (χ3n) is 3.63. The Kier molecular flexibility index (Phi) is 4.41. The van der Waals surface area contributed by atoms with Gasteiger partial charge in [-0.25, -0.2) is 13.1 Å². The predicted molar refractivity (Wildman–Crippen MR) is 87.2 cm³/mol. The lowest BCUT2D eigenvalue weighted by atomic mass is 10.1. The standard InChI is InChI=1S/C16H16N2O5S/c1-17-24(20,21)12-4-5-14-13(9-12)11(10-23-14)6-7-18-16(19)15-3-2-8-22-15/h2-5,8-10,17H,6-7H2,1H3,(H,18,19). The van der Waals surface area contributed by atoms with Crippen molar-refractivity contribution in [2.75, 3.05) is 13.6 Å². The molecule has 0 radical (unpaired) electrons. The van der Waals surface area contributed by atoms with Gasteiger partial charge in [-0.2, -0.15) is 0 Å². The molecule has 0 fully saturated rings. The molecule has 0 saturated carbocycles. The summed E-state index contributed by atoms with van der Waals surface area (Å²) in [6, 6.07) is 7.89. The Morgan fingerprint density at radius 2 is 2.04 bits per heavy atom. The summed E-state index contributed by atoms with van der Waals surface area (Å²) in [7, 11) is -2.16. The van der Waals surface area contributed by atoms with Gasteiger partial charge in [0.2, 0.25) is 10.0 Å². The predicted octanol–water partition coefficient (Wildman–Crippen LogP) is 1.91. The van der Waals surface area contributed by atoms with Crippen molar-refractivity contribution >= 4 is 26.9 Å². The van der Waals surface area contributed by atoms with Crippen LogP contribution in [-0.4, -0.2) is 27.9 Å². The molecule has 24 heavy (non-hydrogen) atoms. The molecule has 7 nitrogen and oxygen atoms in total. The highest BCUT2D eigenvalue weighted by atomic mass is 32.2. The summed E-state index contributed by atoms with van der Waals surface area (Å²) in [6.07, 6.45) is 3.50. The highest BCUT2D eigenvalue weighted by Crippen LogP contribution is 2.24. The minimum absolute atomic E-state index is 0.166. The van der Waals surface area contributed by atoms with Gasteiger partial charge >= 0.3 is 0 Å². The number of furan rings is 2. The van der Waals surface area contributed by atoms with Crippen molar-refractivity contribution < 1.29 is 22.0 Å². The largest absolute Gasteiger partial charge is 0.464 e. The lowest BCUT2D eigenvalue weighted by Crippen LogP contribution is -2.25. The highest BCUT2D eigenvalue weighted by molar-refractivity contribution is 7.89. The second-order valence-electron chi connectivity index (χ2n) is 5.11. The lowest BCUT2D eigenvalue weighted by molar-refractivity contribution is 0.0926. The Hall–Kier alpha value is -2.58. The molecule has 0 aliphatic rings. The van der Waals surface area contributed by atoms with Crippen LogP contribution in [-0.2, 0) is 16.4 Å². The first-order chi connectivity index (χ1) is 11.5. The third kappa shape index (κ3) is 3.19. The van der Waals surface area contributed by atoms with Gasteiger partial charge in [0.25, 0.3) is 5.91 Å². The number of hydrogen-bond acceptors (Lipinski definition) is 5. The zero-order valence-corrected chi connectivity index (χ0v) is 13.7. The van der Waals surface area contributed by atoms with E-state index in [4.69, 9.17) is 8.83 Å². The molecule has 0 bridgehead atoms. The fraction of sp³-hybridized carbons (Fsp3) is 0.188. The summed E-state index contributed by atoms with van der Waals surface area (Å²) in [6.45, 7) is 0.372. The van der Waals surface area contributed by atoms with E-state index in [2.05, 4.69) is 10.0 Å². The number of sulfonamides is 1. The van der Waals surface area contributed by atoms with Gasteiger partial charge in [0.1, 0.15) is 5.58 Å². The SMILES string of the molecule is CNS(=O)(=O)c1ccc2occ(CCNC(=O)c3ccco3)c2c1. The summed E-state index contributed by atoms with van der Waals surface area (Å²) < 4.78 is 36.5. The van der Waals surface area contributed by atoms with Gasteiger partial charge in [0.05, 0.1) is 17.4 Å². The Morgan fingerprint density at radius 1 is 1.21 bits per heavy atom. The number of fused-ring (bicyclic) bond motifs is 1. The molecule has 0 unspecified atom stereocenters. The van der Waals surface area contributed by atoms with Crippen LogP contribution in [0.2, 0.25) is 0 Å². The average molecular weight is 348 g/mol. The van der Waals surface area contributed by atoms with E-state index in [0.29, 0.717) is 23.9 Å². The van der Waals surface area contributed by atoms with Crippen LogP contribution in [0.25, 0.3) is 11.0 Å². The molecule has 0 aliphatic carbocycles. The first-order valence-electron chi connectivity index (χ1n) is 7.26. The molecule has 2 aromatic heterocycles. The van der Waals surface area contributed by atoms with E-state index >= 15 is 0 Å². The molecule has 0 spiro atoms. The van der Waals surface area contributed by atoms with E-state index in [1.54, 1.807) is 30.5 Å². The Labute approximate surface area is 138 Å². The van der Waals surface area contributed by atoms with Gasteiger partial charge in [0, 0.05) is 11.9 Å². The van der Waals surface area contributed by atoms with Crippen LogP contribution in [0.5, 0.6) is 0 Å². The van der Waals surface area contributed by atoms with Crippen LogP contribution in [0.1, 0.15) is 16.1 Å². The van der Waals surface area contributed by atoms with Crippen molar-refractivity contribution in [2.24, 2.45) is 0 Å². The molecule has 8 heteroatoms. The third-order valence-corrected chi connectivity index (χ3v) is 5.04. The highest BCUT2D eigenvalue weighted by Gasteiger charge is 2.15. The van der Waals surface area contributed by atoms with Crippen molar-refractivity contribution in [1.29, 1.82) is 0 Å². The minimum Gasteiger partial charge on any atom is -0.464 e. The van der Waals surface area contributed by atoms with Crippen molar-refractivity contribution in [3.05, 3.63) is 54.2 Å². The summed E-state index contributed by atoms with van der Waals surface area (Å²) in [4.78, 5) is 12.0. The van der Waals surface area contributed by atoms with Gasteiger partial charge in [0.15, 0.2) is 5.76 Å². The Bertz CT molecular complexity index is 958. The molecule has 126 valence electrons. The first-order valence-corrected chi connectivity index (χ1v) is 8.75. The average Bonchev–Trinajstić information content (AvgIpc) is 3.24.